The van der Waals surface area contributed by atoms with E-state index in [4.69, 9.17) is 14.2 Å². The largest absolute Gasteiger partial charge is 0.456 e. The molecule has 0 spiro atoms. The predicted molar refractivity (Wildman–Crippen MR) is 128 cm³/mol. The maximum atomic E-state index is 12.9. The van der Waals surface area contributed by atoms with E-state index in [1.54, 1.807) is 12.1 Å². The first-order valence-corrected chi connectivity index (χ1v) is 12.0. The second-order valence-corrected chi connectivity index (χ2v) is 9.20. The average Bonchev–Trinajstić information content (AvgIpc) is 3.11. The third-order valence-corrected chi connectivity index (χ3v) is 6.83. The molecule has 5 nitrogen and oxygen atoms in total. The van der Waals surface area contributed by atoms with Gasteiger partial charge in [0.1, 0.15) is 17.8 Å². The highest BCUT2D eigenvalue weighted by Gasteiger charge is 2.51. The topological polar surface area (TPSA) is 61.8 Å². The van der Waals surface area contributed by atoms with Crippen LogP contribution in [-0.4, -0.2) is 36.4 Å². The average molecular weight is 453 g/mol. The summed E-state index contributed by atoms with van der Waals surface area (Å²) < 4.78 is 17.8. The summed E-state index contributed by atoms with van der Waals surface area (Å²) in [4.78, 5) is 25.5. The van der Waals surface area contributed by atoms with Gasteiger partial charge in [-0.2, -0.15) is 0 Å². The minimum Gasteiger partial charge on any atom is -0.456 e. The Labute approximate surface area is 197 Å². The highest BCUT2D eigenvalue weighted by atomic mass is 16.6. The van der Waals surface area contributed by atoms with Crippen LogP contribution in [0.3, 0.4) is 0 Å². The van der Waals surface area contributed by atoms with Crippen molar-refractivity contribution in [3.05, 3.63) is 70.8 Å². The van der Waals surface area contributed by atoms with E-state index in [1.165, 1.54) is 5.56 Å². The first-order valence-electron chi connectivity index (χ1n) is 12.0. The number of carbonyl (C=O) groups is 2. The van der Waals surface area contributed by atoms with Gasteiger partial charge in [0.25, 0.3) is 0 Å². The fraction of sp³-hybridized carbons (Fsp3) is 0.500. The number of benzene rings is 2. The molecule has 4 atom stereocenters. The summed E-state index contributed by atoms with van der Waals surface area (Å²) in [5, 5.41) is 0. The van der Waals surface area contributed by atoms with Gasteiger partial charge in [0.15, 0.2) is 0 Å². The molecular formula is C28H36O5. The molecule has 178 valence electrons. The highest BCUT2D eigenvalue weighted by molar-refractivity contribution is 5.90. The van der Waals surface area contributed by atoms with Gasteiger partial charge in [-0.1, -0.05) is 57.0 Å². The van der Waals surface area contributed by atoms with Gasteiger partial charge in [-0.3, -0.25) is 0 Å². The number of ether oxygens (including phenoxy) is 3. The summed E-state index contributed by atoms with van der Waals surface area (Å²) in [5.74, 6) is -0.866. The lowest BCUT2D eigenvalue weighted by Crippen LogP contribution is -2.47. The van der Waals surface area contributed by atoms with Crippen LogP contribution in [0.1, 0.15) is 78.8 Å². The number of unbranched alkanes of at least 4 members (excludes halogenated alkanes) is 1. The van der Waals surface area contributed by atoms with Crippen LogP contribution in [-0.2, 0) is 20.6 Å². The molecule has 2 unspecified atom stereocenters. The summed E-state index contributed by atoms with van der Waals surface area (Å²) >= 11 is 0. The van der Waals surface area contributed by atoms with Crippen molar-refractivity contribution in [2.75, 3.05) is 6.61 Å². The Morgan fingerprint density at radius 2 is 1.64 bits per heavy atom. The molecule has 1 saturated heterocycles. The number of rotatable bonds is 9. The third kappa shape index (κ3) is 5.83. The highest BCUT2D eigenvalue weighted by Crippen LogP contribution is 2.39. The molecule has 0 aliphatic carbocycles. The molecule has 0 radical (unpaired) electrons. The van der Waals surface area contributed by atoms with Gasteiger partial charge in [-0.05, 0) is 62.9 Å². The van der Waals surface area contributed by atoms with Crippen molar-refractivity contribution in [1.29, 1.82) is 0 Å². The zero-order valence-electron chi connectivity index (χ0n) is 20.4. The second-order valence-electron chi connectivity index (χ2n) is 9.20. The van der Waals surface area contributed by atoms with Crippen LogP contribution in [0.25, 0.3) is 0 Å². The molecule has 3 rings (SSSR count). The van der Waals surface area contributed by atoms with Crippen LogP contribution in [0.15, 0.2) is 48.5 Å². The Balaban J connectivity index is 1.64. The standard InChI is InChI=1S/C28H36O5/c1-6-8-9-21-12-16-23(17-13-21)27(30)33-25(7-2)28(5)20(4)24(18-31-28)32-26(29)22-14-10-19(3)11-15-22/h10-17,20,24-25H,6-9,18H2,1-5H3/t20?,24-,25?,28-/m0/s1. The molecule has 1 heterocycles. The van der Waals surface area contributed by atoms with Crippen LogP contribution in [0, 0.1) is 12.8 Å². The van der Waals surface area contributed by atoms with E-state index in [0.717, 1.165) is 24.8 Å². The molecule has 5 heteroatoms. The van der Waals surface area contributed by atoms with Crippen molar-refractivity contribution in [3.63, 3.8) is 0 Å². The molecule has 1 aliphatic rings. The summed E-state index contributed by atoms with van der Waals surface area (Å²) in [6.45, 7) is 10.3. The normalized spacial score (nSPS) is 23.2. The van der Waals surface area contributed by atoms with Gasteiger partial charge in [0.2, 0.25) is 0 Å². The molecule has 2 aromatic carbocycles. The Morgan fingerprint density at radius 3 is 2.24 bits per heavy atom. The van der Waals surface area contributed by atoms with Gasteiger partial charge in [-0.25, -0.2) is 9.59 Å². The number of hydrogen-bond donors (Lipinski definition) is 0. The lowest BCUT2D eigenvalue weighted by Gasteiger charge is -2.36. The Hall–Kier alpha value is -2.66. The van der Waals surface area contributed by atoms with Gasteiger partial charge in [-0.15, -0.1) is 0 Å². The monoisotopic (exact) mass is 452 g/mol. The van der Waals surface area contributed by atoms with Gasteiger partial charge < -0.3 is 14.2 Å². The quantitative estimate of drug-likeness (QED) is 0.442. The maximum Gasteiger partial charge on any atom is 0.338 e. The SMILES string of the molecule is CCCCc1ccc(C(=O)OC(CC)[C@@]2(C)OC[C@H](OC(=O)c3ccc(C)cc3)C2C)cc1. The summed E-state index contributed by atoms with van der Waals surface area (Å²) in [6.07, 6.45) is 3.01. The predicted octanol–water partition coefficient (Wildman–Crippen LogP) is 5.92. The number of esters is 2. The van der Waals surface area contributed by atoms with Crippen LogP contribution in [0.2, 0.25) is 0 Å². The first-order chi connectivity index (χ1) is 15.8. The Morgan fingerprint density at radius 1 is 1.03 bits per heavy atom. The van der Waals surface area contributed by atoms with Crippen molar-refractivity contribution >= 4 is 11.9 Å². The maximum absolute atomic E-state index is 12.9. The van der Waals surface area contributed by atoms with E-state index in [2.05, 4.69) is 6.92 Å². The minimum atomic E-state index is -0.746. The summed E-state index contributed by atoms with van der Waals surface area (Å²) in [6, 6.07) is 14.9. The molecular weight excluding hydrogens is 416 g/mol. The summed E-state index contributed by atoms with van der Waals surface area (Å²) in [7, 11) is 0. The van der Waals surface area contributed by atoms with Crippen LogP contribution >= 0.6 is 0 Å². The number of aryl methyl sites for hydroxylation is 2. The van der Waals surface area contributed by atoms with E-state index in [0.29, 0.717) is 17.5 Å². The number of carbonyl (C=O) groups excluding carboxylic acids is 2. The zero-order chi connectivity index (χ0) is 24.0. The van der Waals surface area contributed by atoms with Crippen molar-refractivity contribution in [1.82, 2.24) is 0 Å². The molecule has 0 bridgehead atoms. The van der Waals surface area contributed by atoms with Gasteiger partial charge in [0, 0.05) is 5.92 Å². The first kappa shape index (κ1) is 25.0. The van der Waals surface area contributed by atoms with Crippen molar-refractivity contribution in [3.8, 4) is 0 Å². The Bertz CT molecular complexity index is 934. The van der Waals surface area contributed by atoms with Crippen molar-refractivity contribution < 1.29 is 23.8 Å². The fourth-order valence-electron chi connectivity index (χ4n) is 4.32. The summed E-state index contributed by atoms with van der Waals surface area (Å²) in [5.41, 5.74) is 2.61. The lowest BCUT2D eigenvalue weighted by molar-refractivity contribution is -0.104. The molecule has 33 heavy (non-hydrogen) atoms. The van der Waals surface area contributed by atoms with E-state index in [-0.39, 0.29) is 24.5 Å². The molecule has 1 aliphatic heterocycles. The lowest BCUT2D eigenvalue weighted by atomic mass is 9.83. The van der Waals surface area contributed by atoms with Crippen LogP contribution in [0.5, 0.6) is 0 Å². The third-order valence-electron chi connectivity index (χ3n) is 6.83. The fourth-order valence-corrected chi connectivity index (χ4v) is 4.32. The van der Waals surface area contributed by atoms with Crippen LogP contribution in [0.4, 0.5) is 0 Å². The minimum absolute atomic E-state index is 0.138. The molecule has 2 aromatic rings. The smallest absolute Gasteiger partial charge is 0.338 e. The van der Waals surface area contributed by atoms with E-state index < -0.39 is 17.8 Å². The molecule has 0 saturated carbocycles. The number of hydrogen-bond acceptors (Lipinski definition) is 5. The van der Waals surface area contributed by atoms with E-state index in [1.807, 2.05) is 64.1 Å². The zero-order valence-corrected chi connectivity index (χ0v) is 20.4. The molecule has 0 N–H and O–H groups in total. The Kier molecular flexibility index (Phi) is 8.30. The van der Waals surface area contributed by atoms with E-state index in [9.17, 15) is 9.59 Å². The van der Waals surface area contributed by atoms with Gasteiger partial charge >= 0.3 is 11.9 Å². The van der Waals surface area contributed by atoms with Gasteiger partial charge in [0.05, 0.1) is 17.7 Å². The second kappa shape index (κ2) is 11.0. The molecule has 0 amide bonds. The van der Waals surface area contributed by atoms with Crippen LogP contribution < -0.4 is 0 Å². The van der Waals surface area contributed by atoms with Crippen molar-refractivity contribution in [2.24, 2.45) is 5.92 Å². The van der Waals surface area contributed by atoms with E-state index >= 15 is 0 Å². The molecule has 1 fully saturated rings. The van der Waals surface area contributed by atoms with Crippen molar-refractivity contribution in [2.45, 2.75) is 78.1 Å². The molecule has 0 aromatic heterocycles.